The number of ether oxygens (including phenoxy) is 1. The van der Waals surface area contributed by atoms with Crippen LogP contribution in [-0.4, -0.2) is 54.4 Å². The van der Waals surface area contributed by atoms with Gasteiger partial charge in [-0.3, -0.25) is 0 Å². The third kappa shape index (κ3) is 9.35. The predicted molar refractivity (Wildman–Crippen MR) is 136 cm³/mol. The molecule has 0 radical (unpaired) electrons. The highest BCUT2D eigenvalue weighted by Gasteiger charge is 2.17. The van der Waals surface area contributed by atoms with Gasteiger partial charge in [-0.1, -0.05) is 32.5 Å². The Bertz CT molecular complexity index is 1130. The number of halogens is 1. The minimum absolute atomic E-state index is 0.234. The molecule has 14 heteroatoms. The monoisotopic (exact) mass is 610 g/mol. The summed E-state index contributed by atoms with van der Waals surface area (Å²) in [7, 11) is -2.97. The minimum Gasteiger partial charge on any atom is -0.497 e. The lowest BCUT2D eigenvalue weighted by atomic mass is 9.97. The van der Waals surface area contributed by atoms with Crippen molar-refractivity contribution < 1.29 is 24.0 Å². The first kappa shape index (κ1) is 27.8. The van der Waals surface area contributed by atoms with Gasteiger partial charge in [-0.25, -0.2) is 19.5 Å². The van der Waals surface area contributed by atoms with Crippen LogP contribution in [-0.2, 0) is 11.1 Å². The second-order valence-electron chi connectivity index (χ2n) is 8.13. The second-order valence-corrected chi connectivity index (χ2v) is 11.3. The molecule has 33 heavy (non-hydrogen) atoms. The number of nitrogens with two attached hydrogens (primary N) is 1. The number of imidazole rings is 1. The van der Waals surface area contributed by atoms with Crippen LogP contribution in [0.15, 0.2) is 34.6 Å². The number of phosphoric acid groups is 1. The van der Waals surface area contributed by atoms with Crippen molar-refractivity contribution in [1.82, 2.24) is 24.8 Å². The van der Waals surface area contributed by atoms with E-state index in [1.165, 1.54) is 6.33 Å². The van der Waals surface area contributed by atoms with Gasteiger partial charge in [0.05, 0.1) is 7.11 Å². The summed E-state index contributed by atoms with van der Waals surface area (Å²) in [5.74, 6) is 1.21. The molecular formula is C19H28IN6O5PS. The summed E-state index contributed by atoms with van der Waals surface area (Å²) in [4.78, 5) is 35.9. The average Bonchev–Trinajstić information content (AvgIpc) is 3.03. The van der Waals surface area contributed by atoms with E-state index in [4.69, 9.17) is 34.7 Å². The molecule has 0 aliphatic rings. The molecule has 182 valence electrons. The topological polar surface area (TPSA) is 169 Å². The van der Waals surface area contributed by atoms with Crippen LogP contribution in [0.4, 0.5) is 5.82 Å². The van der Waals surface area contributed by atoms with Crippen LogP contribution < -0.4 is 15.8 Å². The van der Waals surface area contributed by atoms with Gasteiger partial charge in [0.25, 0.3) is 0 Å². The maximum absolute atomic E-state index is 8.88. The number of aromatic nitrogens is 4. The Labute approximate surface area is 209 Å². The first-order chi connectivity index (χ1) is 15.3. The Balaban J connectivity index is 0.000000696. The number of benzene rings is 1. The van der Waals surface area contributed by atoms with Crippen molar-refractivity contribution in [3.8, 4) is 5.75 Å². The highest BCUT2D eigenvalue weighted by atomic mass is 127. The van der Waals surface area contributed by atoms with Crippen LogP contribution in [0, 0.1) is 8.99 Å². The van der Waals surface area contributed by atoms with Crippen molar-refractivity contribution >= 4 is 59.2 Å². The van der Waals surface area contributed by atoms with Crippen molar-refractivity contribution in [2.75, 3.05) is 25.9 Å². The molecule has 0 amide bonds. The van der Waals surface area contributed by atoms with Gasteiger partial charge in [0.1, 0.15) is 12.1 Å². The fraction of sp³-hybridized carbons (Fsp3) is 0.421. The summed E-state index contributed by atoms with van der Waals surface area (Å²) in [6.45, 7) is 9.14. The third-order valence-corrected chi connectivity index (χ3v) is 6.39. The predicted octanol–water partition coefficient (Wildman–Crippen LogP) is 2.88. The summed E-state index contributed by atoms with van der Waals surface area (Å²) in [5, 5.41) is 4.35. The molecule has 0 saturated carbocycles. The Morgan fingerprint density at radius 2 is 1.94 bits per heavy atom. The molecule has 0 bridgehead atoms. The van der Waals surface area contributed by atoms with Crippen LogP contribution >= 0.6 is 42.2 Å². The molecule has 0 aliphatic carbocycles. The zero-order valence-electron chi connectivity index (χ0n) is 18.7. The fourth-order valence-corrected chi connectivity index (χ4v) is 4.28. The quantitative estimate of drug-likeness (QED) is 0.152. The fourth-order valence-electron chi connectivity index (χ4n) is 2.65. The van der Waals surface area contributed by atoms with E-state index in [1.54, 1.807) is 18.9 Å². The number of rotatable bonds is 7. The SMILES string of the molecule is COc1ccc(I)c(Sc2nc3c(N)ncnc3n2CCNCC(C)(C)C)c1.O=P(O)(O)O. The molecule has 0 unspecified atom stereocenters. The Hall–Kier alpha value is -1.48. The van der Waals surface area contributed by atoms with Gasteiger partial charge in [-0.05, 0) is 46.2 Å². The smallest absolute Gasteiger partial charge is 0.466 e. The lowest BCUT2D eigenvalue weighted by Gasteiger charge is -2.19. The highest BCUT2D eigenvalue weighted by molar-refractivity contribution is 14.1. The molecule has 1 aromatic carbocycles. The molecule has 11 nitrogen and oxygen atoms in total. The number of methoxy groups -OCH3 is 1. The lowest BCUT2D eigenvalue weighted by molar-refractivity contribution is 0.275. The van der Waals surface area contributed by atoms with Gasteiger partial charge >= 0.3 is 7.82 Å². The summed E-state index contributed by atoms with van der Waals surface area (Å²) in [5.41, 5.74) is 7.67. The van der Waals surface area contributed by atoms with Gasteiger partial charge in [-0.2, -0.15) is 0 Å². The summed E-state index contributed by atoms with van der Waals surface area (Å²) in [6, 6.07) is 6.01. The zero-order chi connectivity index (χ0) is 24.8. The molecule has 0 aliphatic heterocycles. The Morgan fingerprint density at radius 1 is 1.27 bits per heavy atom. The molecular weight excluding hydrogens is 582 g/mol. The Morgan fingerprint density at radius 3 is 2.55 bits per heavy atom. The van der Waals surface area contributed by atoms with Crippen LogP contribution in [0.2, 0.25) is 0 Å². The van der Waals surface area contributed by atoms with E-state index in [1.807, 2.05) is 18.2 Å². The van der Waals surface area contributed by atoms with Gasteiger partial charge in [0.2, 0.25) is 0 Å². The van der Waals surface area contributed by atoms with Crippen molar-refractivity contribution in [2.45, 2.75) is 37.4 Å². The molecule has 0 fully saturated rings. The molecule has 0 saturated heterocycles. The van der Waals surface area contributed by atoms with Crippen molar-refractivity contribution in [2.24, 2.45) is 5.41 Å². The van der Waals surface area contributed by atoms with Crippen LogP contribution in [0.5, 0.6) is 5.75 Å². The summed E-state index contributed by atoms with van der Waals surface area (Å²) in [6.07, 6.45) is 1.49. The molecule has 2 heterocycles. The number of fused-ring (bicyclic) bond motifs is 1. The lowest BCUT2D eigenvalue weighted by Crippen LogP contribution is -2.29. The molecule has 0 spiro atoms. The van der Waals surface area contributed by atoms with E-state index >= 15 is 0 Å². The normalized spacial score (nSPS) is 11.9. The van der Waals surface area contributed by atoms with Gasteiger partial charge in [0, 0.05) is 28.1 Å². The maximum Gasteiger partial charge on any atom is 0.466 e. The number of hydrogen-bond acceptors (Lipinski definition) is 8. The number of nitrogens with one attached hydrogen (secondary N) is 1. The van der Waals surface area contributed by atoms with E-state index in [0.717, 1.165) is 44.7 Å². The van der Waals surface area contributed by atoms with Crippen molar-refractivity contribution in [1.29, 1.82) is 0 Å². The van der Waals surface area contributed by atoms with E-state index in [9.17, 15) is 0 Å². The second kappa shape index (κ2) is 11.8. The standard InChI is InChI=1S/C19H25IN6OS.H3O4P/c1-19(2,3)10-22-7-8-26-17-15(16(21)23-11-24-17)25-18(26)28-14-9-12(27-4)5-6-13(14)20;1-5(2,3)4/h5-6,9,11,22H,7-8,10H2,1-4H3,(H2,21,23,24);(H3,1,2,3,4). The number of anilines is 1. The molecule has 0 atom stereocenters. The number of hydrogen-bond donors (Lipinski definition) is 5. The number of nitrogens with zero attached hydrogens (tertiary/aromatic N) is 4. The van der Waals surface area contributed by atoms with E-state index in [2.05, 4.69) is 63.2 Å². The van der Waals surface area contributed by atoms with Crippen LogP contribution in [0.3, 0.4) is 0 Å². The highest BCUT2D eigenvalue weighted by Crippen LogP contribution is 2.35. The molecule has 3 aromatic rings. The van der Waals surface area contributed by atoms with Gasteiger partial charge in [0.15, 0.2) is 22.1 Å². The van der Waals surface area contributed by atoms with Gasteiger partial charge in [-0.15, -0.1) is 0 Å². The number of nitrogen functional groups attached to an aromatic ring is 1. The van der Waals surface area contributed by atoms with Gasteiger partial charge < -0.3 is 35.0 Å². The third-order valence-electron chi connectivity index (χ3n) is 4.03. The van der Waals surface area contributed by atoms with E-state index < -0.39 is 7.82 Å². The van der Waals surface area contributed by atoms with E-state index in [-0.39, 0.29) is 5.41 Å². The summed E-state index contributed by atoms with van der Waals surface area (Å²) >= 11 is 3.90. The van der Waals surface area contributed by atoms with Crippen LogP contribution in [0.1, 0.15) is 20.8 Å². The minimum atomic E-state index is -4.64. The van der Waals surface area contributed by atoms with E-state index in [0.29, 0.717) is 11.3 Å². The maximum atomic E-state index is 8.88. The Kier molecular flexibility index (Phi) is 9.91. The van der Waals surface area contributed by atoms with Crippen LogP contribution in [0.25, 0.3) is 11.2 Å². The van der Waals surface area contributed by atoms with Crippen molar-refractivity contribution in [3.05, 3.63) is 28.1 Å². The molecule has 2 aromatic heterocycles. The largest absolute Gasteiger partial charge is 0.497 e. The average molecular weight is 610 g/mol. The molecule has 3 rings (SSSR count). The molecule has 6 N–H and O–H groups in total. The summed E-state index contributed by atoms with van der Waals surface area (Å²) < 4.78 is 17.5. The first-order valence-electron chi connectivity index (χ1n) is 9.75. The first-order valence-corrected chi connectivity index (χ1v) is 13.2. The zero-order valence-corrected chi connectivity index (χ0v) is 22.6. The van der Waals surface area contributed by atoms with Crippen molar-refractivity contribution in [3.63, 3.8) is 0 Å².